The molecule has 2 N–H and O–H groups in total. The van der Waals surface area contributed by atoms with Crippen molar-refractivity contribution in [1.29, 1.82) is 0 Å². The Hall–Kier alpha value is -1.76. The number of rotatable bonds is 9. The fourth-order valence-electron chi connectivity index (χ4n) is 3.28. The van der Waals surface area contributed by atoms with Gasteiger partial charge < -0.3 is 20.1 Å². The number of nitrogens with one attached hydrogen (secondary N) is 2. The van der Waals surface area contributed by atoms with Gasteiger partial charge in [0.15, 0.2) is 5.96 Å². The van der Waals surface area contributed by atoms with E-state index in [1.54, 1.807) is 14.2 Å². The van der Waals surface area contributed by atoms with Crippen LogP contribution >= 0.6 is 0 Å². The van der Waals surface area contributed by atoms with Crippen LogP contribution in [0.3, 0.4) is 0 Å². The number of hydrogen-bond donors (Lipinski definition) is 2. The molecule has 0 aromatic heterocycles. The maximum absolute atomic E-state index is 12.1. The molecule has 3 atom stereocenters. The number of aliphatic imine (C=N–C) groups is 1. The summed E-state index contributed by atoms with van der Waals surface area (Å²) in [4.78, 5) is 4.31. The lowest BCUT2D eigenvalue weighted by Gasteiger charge is -2.30. The van der Waals surface area contributed by atoms with Crippen LogP contribution < -0.4 is 20.1 Å². The quantitative estimate of drug-likeness (QED) is 0.382. The molecule has 7 heteroatoms. The zero-order chi connectivity index (χ0) is 19.5. The van der Waals surface area contributed by atoms with Crippen LogP contribution in [0.15, 0.2) is 29.3 Å². The Balaban J connectivity index is 1.65. The fourth-order valence-corrected chi connectivity index (χ4v) is 4.63. The molecule has 0 aliphatic heterocycles. The van der Waals surface area contributed by atoms with Crippen LogP contribution in [0.5, 0.6) is 11.5 Å². The molecule has 1 fully saturated rings. The molecule has 0 radical (unpaired) electrons. The number of benzene rings is 1. The minimum absolute atomic E-state index is 0.317. The SMILES string of the molecule is CCS(=O)C1CCCC(NC(=NC)NCCCOc2ccc(OC)cc2)C1. The van der Waals surface area contributed by atoms with E-state index in [1.165, 1.54) is 0 Å². The van der Waals surface area contributed by atoms with Crippen molar-refractivity contribution >= 4 is 16.8 Å². The lowest BCUT2D eigenvalue weighted by molar-refractivity contribution is 0.310. The second-order valence-corrected chi connectivity index (χ2v) is 8.68. The second kappa shape index (κ2) is 11.8. The van der Waals surface area contributed by atoms with Gasteiger partial charge in [0.2, 0.25) is 0 Å². The molecule has 6 nitrogen and oxygen atoms in total. The van der Waals surface area contributed by atoms with Crippen molar-refractivity contribution in [2.75, 3.05) is 33.1 Å². The predicted octanol–water partition coefficient (Wildman–Crippen LogP) is 2.71. The summed E-state index contributed by atoms with van der Waals surface area (Å²) in [5.74, 6) is 3.23. The normalized spacial score (nSPS) is 21.4. The molecular weight excluding hydrogens is 362 g/mol. The molecule has 0 bridgehead atoms. The zero-order valence-electron chi connectivity index (χ0n) is 16.7. The highest BCUT2D eigenvalue weighted by molar-refractivity contribution is 7.85. The molecule has 3 unspecified atom stereocenters. The number of methoxy groups -OCH3 is 1. The van der Waals surface area contributed by atoms with E-state index in [1.807, 2.05) is 31.2 Å². The van der Waals surface area contributed by atoms with Crippen LogP contribution in [0.2, 0.25) is 0 Å². The monoisotopic (exact) mass is 395 g/mol. The van der Waals surface area contributed by atoms with Crippen molar-refractivity contribution in [3.05, 3.63) is 24.3 Å². The maximum atomic E-state index is 12.1. The summed E-state index contributed by atoms with van der Waals surface area (Å²) in [6.45, 7) is 3.42. The summed E-state index contributed by atoms with van der Waals surface area (Å²) in [5.41, 5.74) is 0. The molecule has 1 aliphatic rings. The topological polar surface area (TPSA) is 72.0 Å². The maximum Gasteiger partial charge on any atom is 0.191 e. The third kappa shape index (κ3) is 7.40. The van der Waals surface area contributed by atoms with Gasteiger partial charge in [-0.2, -0.15) is 0 Å². The highest BCUT2D eigenvalue weighted by Crippen LogP contribution is 2.23. The molecule has 152 valence electrons. The Morgan fingerprint density at radius 3 is 2.67 bits per heavy atom. The summed E-state index contributed by atoms with van der Waals surface area (Å²) >= 11 is 0. The van der Waals surface area contributed by atoms with Gasteiger partial charge in [0.1, 0.15) is 11.5 Å². The first-order valence-corrected chi connectivity index (χ1v) is 11.2. The van der Waals surface area contributed by atoms with Gasteiger partial charge in [-0.25, -0.2) is 0 Å². The van der Waals surface area contributed by atoms with Crippen molar-refractivity contribution < 1.29 is 13.7 Å². The zero-order valence-corrected chi connectivity index (χ0v) is 17.5. The molecule has 0 heterocycles. The van der Waals surface area contributed by atoms with Crippen LogP contribution in [0, 0.1) is 0 Å². The van der Waals surface area contributed by atoms with Gasteiger partial charge in [-0.3, -0.25) is 9.20 Å². The molecule has 0 spiro atoms. The fraction of sp³-hybridized carbons (Fsp3) is 0.650. The van der Waals surface area contributed by atoms with E-state index in [4.69, 9.17) is 9.47 Å². The summed E-state index contributed by atoms with van der Waals surface area (Å²) in [7, 11) is 2.73. The van der Waals surface area contributed by atoms with Gasteiger partial charge in [0, 0.05) is 41.4 Å². The lowest BCUT2D eigenvalue weighted by atomic mass is 9.95. The van der Waals surface area contributed by atoms with Crippen LogP contribution in [0.25, 0.3) is 0 Å². The highest BCUT2D eigenvalue weighted by atomic mass is 32.2. The van der Waals surface area contributed by atoms with E-state index in [0.717, 1.165) is 61.9 Å². The summed E-state index contributed by atoms with van der Waals surface area (Å²) in [5, 5.41) is 7.14. The van der Waals surface area contributed by atoms with E-state index in [0.29, 0.717) is 17.9 Å². The Bertz CT molecular complexity index is 607. The third-order valence-electron chi connectivity index (χ3n) is 4.79. The van der Waals surface area contributed by atoms with E-state index >= 15 is 0 Å². The number of ether oxygens (including phenoxy) is 2. The largest absolute Gasteiger partial charge is 0.497 e. The predicted molar refractivity (Wildman–Crippen MR) is 112 cm³/mol. The molecular formula is C20H33N3O3S. The van der Waals surface area contributed by atoms with Crippen LogP contribution in [0.1, 0.15) is 39.0 Å². The van der Waals surface area contributed by atoms with Gasteiger partial charge in [0.25, 0.3) is 0 Å². The van der Waals surface area contributed by atoms with Crippen LogP contribution in [0.4, 0.5) is 0 Å². The third-order valence-corrected chi connectivity index (χ3v) is 6.53. The van der Waals surface area contributed by atoms with E-state index in [9.17, 15) is 4.21 Å². The first-order chi connectivity index (χ1) is 13.2. The second-order valence-electron chi connectivity index (χ2n) is 6.68. The van der Waals surface area contributed by atoms with Crippen molar-refractivity contribution in [1.82, 2.24) is 10.6 Å². The Morgan fingerprint density at radius 1 is 1.26 bits per heavy atom. The molecule has 1 aromatic carbocycles. The van der Waals surface area contributed by atoms with Crippen molar-refractivity contribution in [2.24, 2.45) is 4.99 Å². The number of hydrogen-bond acceptors (Lipinski definition) is 4. The molecule has 1 aromatic rings. The lowest BCUT2D eigenvalue weighted by Crippen LogP contribution is -2.47. The van der Waals surface area contributed by atoms with Gasteiger partial charge in [0.05, 0.1) is 13.7 Å². The average molecular weight is 396 g/mol. The van der Waals surface area contributed by atoms with E-state index in [-0.39, 0.29) is 0 Å². The highest BCUT2D eigenvalue weighted by Gasteiger charge is 2.25. The van der Waals surface area contributed by atoms with Gasteiger partial charge in [-0.15, -0.1) is 0 Å². The standard InChI is InChI=1S/C20H33N3O3S/c1-4-27(24)19-8-5-7-16(15-19)23-20(21-2)22-13-6-14-26-18-11-9-17(25-3)10-12-18/h9-12,16,19H,4-8,13-15H2,1-3H3,(H2,21,22,23). The average Bonchev–Trinajstić information content (AvgIpc) is 2.72. The smallest absolute Gasteiger partial charge is 0.191 e. The molecule has 1 aliphatic carbocycles. The Kier molecular flexibility index (Phi) is 9.45. The first-order valence-electron chi connectivity index (χ1n) is 9.77. The van der Waals surface area contributed by atoms with Gasteiger partial charge in [-0.1, -0.05) is 13.3 Å². The molecule has 27 heavy (non-hydrogen) atoms. The Labute approximate surface area is 165 Å². The Morgan fingerprint density at radius 2 is 2.00 bits per heavy atom. The number of guanidine groups is 1. The summed E-state index contributed by atoms with van der Waals surface area (Å²) in [6.07, 6.45) is 5.15. The van der Waals surface area contributed by atoms with E-state index in [2.05, 4.69) is 15.6 Å². The van der Waals surface area contributed by atoms with Crippen LogP contribution in [-0.4, -0.2) is 54.5 Å². The van der Waals surface area contributed by atoms with Crippen molar-refractivity contribution in [3.63, 3.8) is 0 Å². The minimum atomic E-state index is -0.704. The van der Waals surface area contributed by atoms with Crippen molar-refractivity contribution in [3.8, 4) is 11.5 Å². The first kappa shape index (κ1) is 21.5. The molecule has 0 saturated heterocycles. The molecule has 2 rings (SSSR count). The number of nitrogens with zero attached hydrogens (tertiary/aromatic N) is 1. The molecule has 0 amide bonds. The van der Waals surface area contributed by atoms with Gasteiger partial charge in [-0.05, 0) is 49.9 Å². The minimum Gasteiger partial charge on any atom is -0.497 e. The summed E-state index contributed by atoms with van der Waals surface area (Å²) in [6, 6.07) is 7.95. The summed E-state index contributed by atoms with van der Waals surface area (Å²) < 4.78 is 23.0. The molecule has 1 saturated carbocycles. The van der Waals surface area contributed by atoms with E-state index < -0.39 is 10.8 Å². The van der Waals surface area contributed by atoms with Crippen LogP contribution in [-0.2, 0) is 10.8 Å². The van der Waals surface area contributed by atoms with Crippen molar-refractivity contribution in [2.45, 2.75) is 50.3 Å². The van der Waals surface area contributed by atoms with Gasteiger partial charge >= 0.3 is 0 Å².